The van der Waals surface area contributed by atoms with Crippen molar-refractivity contribution in [3.8, 4) is 0 Å². The lowest BCUT2D eigenvalue weighted by atomic mass is 10.0. The molecule has 0 unspecified atom stereocenters. The zero-order valence-corrected chi connectivity index (χ0v) is 12.3. The van der Waals surface area contributed by atoms with Gasteiger partial charge in [-0.2, -0.15) is 0 Å². The summed E-state index contributed by atoms with van der Waals surface area (Å²) in [5.41, 5.74) is 0. The third kappa shape index (κ3) is 4.08. The maximum atomic E-state index is 12.0. The predicted octanol–water partition coefficient (Wildman–Crippen LogP) is 1.97. The Balaban J connectivity index is 1.70. The summed E-state index contributed by atoms with van der Waals surface area (Å²) in [7, 11) is 0. The van der Waals surface area contributed by atoms with Crippen molar-refractivity contribution in [2.75, 3.05) is 26.3 Å². The van der Waals surface area contributed by atoms with E-state index >= 15 is 0 Å². The molecule has 19 heavy (non-hydrogen) atoms. The summed E-state index contributed by atoms with van der Waals surface area (Å²) in [6.07, 6.45) is 3.11. The van der Waals surface area contributed by atoms with Crippen LogP contribution in [0.15, 0.2) is 0 Å². The Bertz CT molecular complexity index is 312. The highest BCUT2D eigenvalue weighted by Gasteiger charge is 2.34. The van der Waals surface area contributed by atoms with Gasteiger partial charge in [0.15, 0.2) is 5.79 Å². The highest BCUT2D eigenvalue weighted by Crippen LogP contribution is 2.27. The van der Waals surface area contributed by atoms with Crippen molar-refractivity contribution in [1.82, 2.24) is 10.2 Å². The Hall–Kier alpha value is -0.810. The van der Waals surface area contributed by atoms with Crippen molar-refractivity contribution in [3.63, 3.8) is 0 Å². The number of carbonyl (C=O) groups excluding carboxylic acids is 1. The molecular weight excluding hydrogens is 244 g/mol. The summed E-state index contributed by atoms with van der Waals surface area (Å²) in [5.74, 6) is -0.129. The van der Waals surface area contributed by atoms with Crippen LogP contribution in [0.1, 0.15) is 40.0 Å². The highest BCUT2D eigenvalue weighted by molar-refractivity contribution is 5.74. The maximum absolute atomic E-state index is 12.0. The van der Waals surface area contributed by atoms with Crippen molar-refractivity contribution in [2.24, 2.45) is 5.92 Å². The zero-order chi connectivity index (χ0) is 13.9. The Morgan fingerprint density at radius 2 is 2.05 bits per heavy atom. The summed E-state index contributed by atoms with van der Waals surface area (Å²) in [4.78, 5) is 14.0. The first-order valence-corrected chi connectivity index (χ1v) is 7.36. The Labute approximate surface area is 115 Å². The van der Waals surface area contributed by atoms with Crippen molar-refractivity contribution in [1.29, 1.82) is 0 Å². The second kappa shape index (κ2) is 6.09. The van der Waals surface area contributed by atoms with E-state index in [1.165, 1.54) is 0 Å². The third-order valence-corrected chi connectivity index (χ3v) is 3.81. The van der Waals surface area contributed by atoms with E-state index in [2.05, 4.69) is 12.2 Å². The summed E-state index contributed by atoms with van der Waals surface area (Å²) in [6.45, 7) is 8.91. The van der Waals surface area contributed by atoms with E-state index in [-0.39, 0.29) is 6.03 Å². The summed E-state index contributed by atoms with van der Waals surface area (Å²) in [6, 6.07) is 0.537. The van der Waals surface area contributed by atoms with Crippen molar-refractivity contribution >= 4 is 6.03 Å². The minimum atomic E-state index is -0.467. The van der Waals surface area contributed by atoms with Crippen LogP contribution in [0.4, 0.5) is 4.79 Å². The van der Waals surface area contributed by atoms with Crippen LogP contribution >= 0.6 is 0 Å². The fraction of sp³-hybridized carbons (Fsp3) is 0.929. The number of amides is 2. The molecule has 0 spiro atoms. The molecule has 1 N–H and O–H groups in total. The molecule has 0 aromatic heterocycles. The minimum Gasteiger partial charge on any atom is -0.348 e. The summed E-state index contributed by atoms with van der Waals surface area (Å²) < 4.78 is 11.2. The quantitative estimate of drug-likeness (QED) is 0.803. The Morgan fingerprint density at radius 1 is 1.42 bits per heavy atom. The fourth-order valence-corrected chi connectivity index (χ4v) is 2.70. The molecule has 1 saturated heterocycles. The van der Waals surface area contributed by atoms with Gasteiger partial charge in [0.2, 0.25) is 0 Å². The molecule has 2 aliphatic rings. The van der Waals surface area contributed by atoms with Crippen LogP contribution in [0, 0.1) is 5.92 Å². The molecular formula is C14H26N2O3. The van der Waals surface area contributed by atoms with Gasteiger partial charge >= 0.3 is 6.03 Å². The number of hydrogen-bond acceptors (Lipinski definition) is 3. The number of nitrogens with zero attached hydrogens (tertiary/aromatic N) is 1. The molecule has 1 aliphatic carbocycles. The first kappa shape index (κ1) is 14.6. The smallest absolute Gasteiger partial charge is 0.317 e. The second-order valence-electron chi connectivity index (χ2n) is 5.84. The summed E-state index contributed by atoms with van der Waals surface area (Å²) in [5, 5.41) is 3.02. The molecule has 2 fully saturated rings. The molecule has 110 valence electrons. The van der Waals surface area contributed by atoms with Crippen LogP contribution in [0.5, 0.6) is 0 Å². The first-order valence-electron chi connectivity index (χ1n) is 7.36. The zero-order valence-electron chi connectivity index (χ0n) is 12.3. The minimum absolute atomic E-state index is 0.0651. The number of carbonyl (C=O) groups is 1. The first-order chi connectivity index (χ1) is 9.04. The SMILES string of the molecule is CCN(C(=O)NC[C@H](C)CC1(C)OCCO1)C1CC1. The Morgan fingerprint density at radius 3 is 2.58 bits per heavy atom. The van der Waals surface area contributed by atoms with Gasteiger partial charge in [-0.05, 0) is 32.6 Å². The molecule has 2 amide bonds. The topological polar surface area (TPSA) is 50.8 Å². The van der Waals surface area contributed by atoms with Crippen molar-refractivity contribution in [3.05, 3.63) is 0 Å². The molecule has 2 rings (SSSR count). The predicted molar refractivity (Wildman–Crippen MR) is 72.9 cm³/mol. The van der Waals surface area contributed by atoms with E-state index in [9.17, 15) is 4.79 Å². The second-order valence-corrected chi connectivity index (χ2v) is 5.84. The van der Waals surface area contributed by atoms with Gasteiger partial charge in [-0.1, -0.05) is 6.92 Å². The van der Waals surface area contributed by atoms with E-state index in [0.717, 1.165) is 25.8 Å². The molecule has 0 aromatic rings. The third-order valence-electron chi connectivity index (χ3n) is 3.81. The largest absolute Gasteiger partial charge is 0.348 e. The number of rotatable bonds is 6. The van der Waals surface area contributed by atoms with Gasteiger partial charge in [-0.3, -0.25) is 0 Å². The molecule has 0 aromatic carbocycles. The van der Waals surface area contributed by atoms with Crippen LogP contribution in [0.25, 0.3) is 0 Å². The lowest BCUT2D eigenvalue weighted by Crippen LogP contribution is -2.43. The number of nitrogens with one attached hydrogen (secondary N) is 1. The highest BCUT2D eigenvalue weighted by atomic mass is 16.7. The molecule has 0 bridgehead atoms. The van der Waals surface area contributed by atoms with Gasteiger partial charge in [0.1, 0.15) is 0 Å². The molecule has 1 saturated carbocycles. The standard InChI is InChI=1S/C14H26N2O3/c1-4-16(12-5-6-12)13(17)15-10-11(2)9-14(3)18-7-8-19-14/h11-12H,4-10H2,1-3H3,(H,15,17)/t11-/m1/s1. The van der Waals surface area contributed by atoms with Crippen LogP contribution in [0.2, 0.25) is 0 Å². The normalized spacial score (nSPS) is 23.1. The molecule has 5 nitrogen and oxygen atoms in total. The van der Waals surface area contributed by atoms with Crippen molar-refractivity contribution in [2.45, 2.75) is 51.9 Å². The molecule has 1 aliphatic heterocycles. The molecule has 5 heteroatoms. The van der Waals surface area contributed by atoms with Crippen LogP contribution < -0.4 is 5.32 Å². The van der Waals surface area contributed by atoms with Gasteiger partial charge in [0.25, 0.3) is 0 Å². The summed E-state index contributed by atoms with van der Waals surface area (Å²) >= 11 is 0. The maximum Gasteiger partial charge on any atom is 0.317 e. The van der Waals surface area contributed by atoms with Gasteiger partial charge < -0.3 is 19.7 Å². The monoisotopic (exact) mass is 270 g/mol. The van der Waals surface area contributed by atoms with Gasteiger partial charge in [-0.25, -0.2) is 4.79 Å². The van der Waals surface area contributed by atoms with Gasteiger partial charge in [0.05, 0.1) is 13.2 Å². The van der Waals surface area contributed by atoms with E-state index in [4.69, 9.17) is 9.47 Å². The van der Waals surface area contributed by atoms with Crippen LogP contribution in [-0.2, 0) is 9.47 Å². The van der Waals surface area contributed by atoms with E-state index < -0.39 is 5.79 Å². The van der Waals surface area contributed by atoms with Gasteiger partial charge in [0, 0.05) is 25.6 Å². The molecule has 1 atom stereocenters. The van der Waals surface area contributed by atoms with E-state index in [1.807, 2.05) is 18.7 Å². The molecule has 1 heterocycles. The lowest BCUT2D eigenvalue weighted by Gasteiger charge is -2.27. The number of ether oxygens (including phenoxy) is 2. The van der Waals surface area contributed by atoms with E-state index in [0.29, 0.717) is 31.7 Å². The lowest BCUT2D eigenvalue weighted by molar-refractivity contribution is -0.153. The number of urea groups is 1. The van der Waals surface area contributed by atoms with Gasteiger partial charge in [-0.15, -0.1) is 0 Å². The van der Waals surface area contributed by atoms with Crippen LogP contribution in [0.3, 0.4) is 0 Å². The average molecular weight is 270 g/mol. The average Bonchev–Trinajstić information content (AvgIpc) is 3.10. The molecule has 0 radical (unpaired) electrons. The fourth-order valence-electron chi connectivity index (χ4n) is 2.70. The Kier molecular flexibility index (Phi) is 4.68. The number of hydrogen-bond donors (Lipinski definition) is 1. The van der Waals surface area contributed by atoms with Crippen LogP contribution in [-0.4, -0.2) is 49.1 Å². The van der Waals surface area contributed by atoms with E-state index in [1.54, 1.807) is 0 Å². The van der Waals surface area contributed by atoms with Crippen molar-refractivity contribution < 1.29 is 14.3 Å².